The molecule has 6 heteroatoms. The minimum atomic E-state index is -0.531. The minimum absolute atomic E-state index is 0.149. The van der Waals surface area contributed by atoms with Crippen LogP contribution in [0.3, 0.4) is 0 Å². The third kappa shape index (κ3) is 2.59. The number of Topliss-reactive ketones (excluding diaryl/α,β-unsaturated/α-hetero) is 1. The number of benzene rings is 1. The van der Waals surface area contributed by atoms with E-state index in [1.165, 1.54) is 32.0 Å². The normalized spacial score (nSPS) is 10.6. The van der Waals surface area contributed by atoms with Gasteiger partial charge in [-0.05, 0) is 26.0 Å². The number of rotatable bonds is 3. The maximum Gasteiger partial charge on any atom is 0.268 e. The highest BCUT2D eigenvalue weighted by molar-refractivity contribution is 5.95. The van der Waals surface area contributed by atoms with Crippen molar-refractivity contribution in [3.8, 4) is 0 Å². The summed E-state index contributed by atoms with van der Waals surface area (Å²) in [5.74, 6) is -0.984. The van der Waals surface area contributed by atoms with Crippen molar-refractivity contribution >= 4 is 5.78 Å². The molecular weight excluding hydrogens is 263 g/mol. The Kier molecular flexibility index (Phi) is 3.65. The number of hydrogen-bond acceptors (Lipinski definition) is 3. The average molecular weight is 276 g/mol. The predicted molar refractivity (Wildman–Crippen MR) is 71.5 cm³/mol. The molecular formula is C14H13FN2O3. The lowest BCUT2D eigenvalue weighted by atomic mass is 10.1. The second kappa shape index (κ2) is 5.24. The number of aromatic nitrogens is 2. The molecule has 0 bridgehead atoms. The maximum absolute atomic E-state index is 13.0. The minimum Gasteiger partial charge on any atom is -0.292 e. The maximum atomic E-state index is 13.0. The Morgan fingerprint density at radius 3 is 2.60 bits per heavy atom. The lowest BCUT2D eigenvalue weighted by Gasteiger charge is -2.07. The first-order valence-corrected chi connectivity index (χ1v) is 5.99. The fraction of sp³-hybridized carbons (Fsp3) is 0.214. The molecule has 104 valence electrons. The molecule has 1 aromatic carbocycles. The summed E-state index contributed by atoms with van der Waals surface area (Å²) in [5.41, 5.74) is -0.0952. The molecule has 0 amide bonds. The number of halogens is 1. The topological polar surface area (TPSA) is 71.9 Å². The van der Waals surface area contributed by atoms with E-state index in [1.807, 2.05) is 0 Å². The van der Waals surface area contributed by atoms with Crippen molar-refractivity contribution in [3.05, 3.63) is 67.5 Å². The number of carbonyl (C=O) groups excluding carboxylic acids is 1. The fourth-order valence-corrected chi connectivity index (χ4v) is 1.80. The molecule has 1 aromatic heterocycles. The first-order valence-electron chi connectivity index (χ1n) is 5.99. The van der Waals surface area contributed by atoms with Crippen molar-refractivity contribution in [2.24, 2.45) is 0 Å². The van der Waals surface area contributed by atoms with E-state index in [1.54, 1.807) is 0 Å². The lowest BCUT2D eigenvalue weighted by molar-refractivity contribution is 0.0965. The van der Waals surface area contributed by atoms with Crippen LogP contribution in [0.25, 0.3) is 0 Å². The molecule has 0 atom stereocenters. The van der Waals surface area contributed by atoms with Gasteiger partial charge in [0.2, 0.25) is 0 Å². The van der Waals surface area contributed by atoms with Gasteiger partial charge in [-0.3, -0.25) is 19.5 Å². The summed E-state index contributed by atoms with van der Waals surface area (Å²) < 4.78 is 14.0. The summed E-state index contributed by atoms with van der Waals surface area (Å²) in [6.45, 7) is 2.73. The van der Waals surface area contributed by atoms with Crippen molar-refractivity contribution in [2.45, 2.75) is 20.4 Å². The summed E-state index contributed by atoms with van der Waals surface area (Å²) >= 11 is 0. The van der Waals surface area contributed by atoms with Gasteiger partial charge in [0.15, 0.2) is 5.78 Å². The number of aromatic amines is 1. The predicted octanol–water partition coefficient (Wildman–Crippen LogP) is 1.18. The van der Waals surface area contributed by atoms with E-state index < -0.39 is 22.7 Å². The van der Waals surface area contributed by atoms with Crippen LogP contribution in [-0.2, 0) is 6.54 Å². The van der Waals surface area contributed by atoms with E-state index in [2.05, 4.69) is 5.10 Å². The second-order valence-corrected chi connectivity index (χ2v) is 4.52. The summed E-state index contributed by atoms with van der Waals surface area (Å²) in [6.07, 6.45) is 0. The van der Waals surface area contributed by atoms with Crippen LogP contribution in [0.5, 0.6) is 0 Å². The Balaban J connectivity index is 2.39. The average Bonchev–Trinajstić information content (AvgIpc) is 2.42. The van der Waals surface area contributed by atoms with Crippen LogP contribution in [-0.4, -0.2) is 15.6 Å². The largest absolute Gasteiger partial charge is 0.292 e. The number of nitrogens with zero attached hydrogens (tertiary/aromatic N) is 1. The Labute approximate surface area is 113 Å². The van der Waals surface area contributed by atoms with Gasteiger partial charge in [-0.15, -0.1) is 0 Å². The van der Waals surface area contributed by atoms with Crippen molar-refractivity contribution < 1.29 is 9.18 Å². The highest BCUT2D eigenvalue weighted by Crippen LogP contribution is 2.05. The molecule has 0 spiro atoms. The molecule has 0 radical (unpaired) electrons. The molecule has 2 aromatic rings. The second-order valence-electron chi connectivity index (χ2n) is 4.52. The third-order valence-corrected chi connectivity index (χ3v) is 3.15. The quantitative estimate of drug-likeness (QED) is 0.855. The van der Waals surface area contributed by atoms with Crippen molar-refractivity contribution in [1.29, 1.82) is 0 Å². The highest BCUT2D eigenvalue weighted by atomic mass is 19.1. The number of nitrogens with one attached hydrogen (secondary N) is 1. The van der Waals surface area contributed by atoms with Crippen LogP contribution >= 0.6 is 0 Å². The first kappa shape index (κ1) is 13.9. The highest BCUT2D eigenvalue weighted by Gasteiger charge is 2.12. The van der Waals surface area contributed by atoms with Crippen molar-refractivity contribution in [3.63, 3.8) is 0 Å². The lowest BCUT2D eigenvalue weighted by Crippen LogP contribution is -2.35. The first-order chi connectivity index (χ1) is 9.40. The molecule has 0 saturated carbocycles. The van der Waals surface area contributed by atoms with Crippen LogP contribution in [0.2, 0.25) is 0 Å². The van der Waals surface area contributed by atoms with Crippen LogP contribution in [0, 0.1) is 19.7 Å². The van der Waals surface area contributed by atoms with Gasteiger partial charge in [0.05, 0.1) is 0 Å². The molecule has 0 fully saturated rings. The van der Waals surface area contributed by atoms with Gasteiger partial charge in [0, 0.05) is 16.7 Å². The standard InChI is InChI=1S/C14H13FN2O3/c1-8-9(2)14(20)17(16-13(8)19)7-12(18)10-4-3-5-11(15)6-10/h3-6H,7H2,1-2H3,(H,16,19). The zero-order valence-corrected chi connectivity index (χ0v) is 11.1. The summed E-state index contributed by atoms with van der Waals surface area (Å²) in [7, 11) is 0. The van der Waals surface area contributed by atoms with E-state index in [9.17, 15) is 18.8 Å². The number of H-pyrrole nitrogens is 1. The van der Waals surface area contributed by atoms with Gasteiger partial charge in [-0.2, -0.15) is 0 Å². The summed E-state index contributed by atoms with van der Waals surface area (Å²) in [5, 5.41) is 2.33. The van der Waals surface area contributed by atoms with Gasteiger partial charge < -0.3 is 0 Å². The van der Waals surface area contributed by atoms with Gasteiger partial charge >= 0.3 is 0 Å². The van der Waals surface area contributed by atoms with Crippen LogP contribution < -0.4 is 11.1 Å². The molecule has 0 aliphatic carbocycles. The van der Waals surface area contributed by atoms with E-state index in [0.717, 1.165) is 10.7 Å². The SMILES string of the molecule is Cc1c(C)c(=O)n(CC(=O)c2cccc(F)c2)[nH]c1=O. The molecule has 1 heterocycles. The van der Waals surface area contributed by atoms with Crippen molar-refractivity contribution in [2.75, 3.05) is 0 Å². The zero-order chi connectivity index (χ0) is 14.9. The number of ketones is 1. The molecule has 20 heavy (non-hydrogen) atoms. The monoisotopic (exact) mass is 276 g/mol. The Morgan fingerprint density at radius 1 is 1.25 bits per heavy atom. The molecule has 0 aliphatic heterocycles. The Hall–Kier alpha value is -2.50. The van der Waals surface area contributed by atoms with E-state index in [0.29, 0.717) is 11.1 Å². The number of hydrogen-bond donors (Lipinski definition) is 1. The van der Waals surface area contributed by atoms with E-state index in [4.69, 9.17) is 0 Å². The van der Waals surface area contributed by atoms with Gasteiger partial charge in [0.1, 0.15) is 12.4 Å². The smallest absolute Gasteiger partial charge is 0.268 e. The molecule has 0 unspecified atom stereocenters. The molecule has 1 N–H and O–H groups in total. The van der Waals surface area contributed by atoms with Crippen LogP contribution in [0.1, 0.15) is 21.5 Å². The third-order valence-electron chi connectivity index (χ3n) is 3.15. The zero-order valence-electron chi connectivity index (χ0n) is 11.1. The van der Waals surface area contributed by atoms with Gasteiger partial charge in [0.25, 0.3) is 11.1 Å². The van der Waals surface area contributed by atoms with Gasteiger partial charge in [-0.1, -0.05) is 12.1 Å². The van der Waals surface area contributed by atoms with Crippen molar-refractivity contribution in [1.82, 2.24) is 9.78 Å². The van der Waals surface area contributed by atoms with Crippen LogP contribution in [0.4, 0.5) is 4.39 Å². The van der Waals surface area contributed by atoms with Gasteiger partial charge in [-0.25, -0.2) is 9.07 Å². The Morgan fingerprint density at radius 2 is 1.95 bits per heavy atom. The molecule has 0 aliphatic rings. The summed E-state index contributed by atoms with van der Waals surface area (Å²) in [6, 6.07) is 5.18. The Bertz CT molecular complexity index is 790. The number of carbonyl (C=O) groups is 1. The fourth-order valence-electron chi connectivity index (χ4n) is 1.80. The molecule has 5 nitrogen and oxygen atoms in total. The molecule has 0 saturated heterocycles. The van der Waals surface area contributed by atoms with Crippen LogP contribution in [0.15, 0.2) is 33.9 Å². The summed E-state index contributed by atoms with van der Waals surface area (Å²) in [4.78, 5) is 35.5. The van der Waals surface area contributed by atoms with E-state index in [-0.39, 0.29) is 12.1 Å². The molecule has 2 rings (SSSR count). The van der Waals surface area contributed by atoms with E-state index >= 15 is 0 Å².